The molecule has 1 aromatic carbocycles. The van der Waals surface area contributed by atoms with Gasteiger partial charge < -0.3 is 9.72 Å². The Morgan fingerprint density at radius 1 is 1.19 bits per heavy atom. The summed E-state index contributed by atoms with van der Waals surface area (Å²) in [7, 11) is 0. The minimum Gasteiger partial charge on any atom is -0.488 e. The van der Waals surface area contributed by atoms with Crippen molar-refractivity contribution >= 4 is 10.9 Å². The van der Waals surface area contributed by atoms with Gasteiger partial charge in [-0.25, -0.2) is 4.39 Å². The van der Waals surface area contributed by atoms with Crippen LogP contribution in [0.15, 0.2) is 18.2 Å². The van der Waals surface area contributed by atoms with Crippen LogP contribution in [0.5, 0.6) is 5.75 Å². The van der Waals surface area contributed by atoms with Gasteiger partial charge in [0, 0.05) is 17.1 Å². The van der Waals surface area contributed by atoms with Crippen molar-refractivity contribution in [1.82, 2.24) is 4.98 Å². The minimum atomic E-state index is -0.314. The van der Waals surface area contributed by atoms with Gasteiger partial charge in [-0.15, -0.1) is 0 Å². The summed E-state index contributed by atoms with van der Waals surface area (Å²) in [5.41, 5.74) is 1.17. The second kappa shape index (κ2) is 3.51. The zero-order chi connectivity index (χ0) is 11.9. The number of hydrogen-bond acceptors (Lipinski definition) is 1. The Hall–Kier alpha value is -1.51. The average molecular weight is 221 g/mol. The number of aromatic amines is 1. The largest absolute Gasteiger partial charge is 0.488 e. The van der Waals surface area contributed by atoms with Crippen LogP contribution >= 0.6 is 0 Å². The summed E-state index contributed by atoms with van der Waals surface area (Å²) in [6.07, 6.45) is 0. The van der Waals surface area contributed by atoms with E-state index in [-0.39, 0.29) is 11.4 Å². The quantitative estimate of drug-likeness (QED) is 0.778. The lowest BCUT2D eigenvalue weighted by Gasteiger charge is -2.21. The molecule has 0 aliphatic carbocycles. The lowest BCUT2D eigenvalue weighted by molar-refractivity contribution is 0.130. The first kappa shape index (κ1) is 11.0. The minimum absolute atomic E-state index is 0.273. The smallest absolute Gasteiger partial charge is 0.150 e. The maximum Gasteiger partial charge on any atom is 0.150 e. The Morgan fingerprint density at radius 3 is 2.50 bits per heavy atom. The summed E-state index contributed by atoms with van der Waals surface area (Å²) in [4.78, 5) is 2.99. The Balaban J connectivity index is 2.49. The number of aryl methyl sites for hydroxylation is 1. The van der Waals surface area contributed by atoms with Gasteiger partial charge in [-0.1, -0.05) is 0 Å². The molecule has 86 valence electrons. The average Bonchev–Trinajstić information content (AvgIpc) is 2.42. The molecule has 0 spiro atoms. The van der Waals surface area contributed by atoms with E-state index in [0.717, 1.165) is 11.1 Å². The van der Waals surface area contributed by atoms with Gasteiger partial charge in [-0.3, -0.25) is 0 Å². The van der Waals surface area contributed by atoms with Crippen molar-refractivity contribution in [3.05, 3.63) is 29.7 Å². The predicted octanol–water partition coefficient (Wildman–Crippen LogP) is 3.79. The van der Waals surface area contributed by atoms with Crippen LogP contribution in [0, 0.1) is 12.7 Å². The summed E-state index contributed by atoms with van der Waals surface area (Å²) in [6, 6.07) is 5.19. The van der Waals surface area contributed by atoms with Crippen molar-refractivity contribution in [2.24, 2.45) is 0 Å². The first-order chi connectivity index (χ1) is 7.35. The maximum absolute atomic E-state index is 13.7. The third-order valence-corrected chi connectivity index (χ3v) is 2.21. The van der Waals surface area contributed by atoms with Crippen LogP contribution in [0.25, 0.3) is 10.9 Å². The topological polar surface area (TPSA) is 25.0 Å². The van der Waals surface area contributed by atoms with Gasteiger partial charge >= 0.3 is 0 Å². The number of nitrogens with one attached hydrogen (secondary N) is 1. The summed E-state index contributed by atoms with van der Waals surface area (Å²) < 4.78 is 19.4. The molecule has 0 saturated heterocycles. The highest BCUT2D eigenvalue weighted by molar-refractivity contribution is 5.82. The lowest BCUT2D eigenvalue weighted by atomic mass is 10.2. The van der Waals surface area contributed by atoms with Gasteiger partial charge in [0.15, 0.2) is 5.82 Å². The van der Waals surface area contributed by atoms with Crippen LogP contribution in [-0.4, -0.2) is 10.6 Å². The van der Waals surface area contributed by atoms with Gasteiger partial charge in [0.1, 0.15) is 11.4 Å². The number of benzene rings is 1. The standard InChI is InChI=1S/C13H16FNO/c1-8-5-9-6-10(16-13(2,3)4)7-11(14)12(9)15-8/h5-7,15H,1-4H3. The van der Waals surface area contributed by atoms with E-state index in [1.807, 2.05) is 39.8 Å². The summed E-state index contributed by atoms with van der Waals surface area (Å²) >= 11 is 0. The molecule has 16 heavy (non-hydrogen) atoms. The van der Waals surface area contributed by atoms with Gasteiger partial charge in [0.05, 0.1) is 5.52 Å². The molecule has 0 aliphatic heterocycles. The fourth-order valence-electron chi connectivity index (χ4n) is 1.73. The highest BCUT2D eigenvalue weighted by Gasteiger charge is 2.14. The zero-order valence-corrected chi connectivity index (χ0v) is 10.0. The van der Waals surface area contributed by atoms with Crippen molar-refractivity contribution in [2.75, 3.05) is 0 Å². The predicted molar refractivity (Wildman–Crippen MR) is 63.4 cm³/mol. The normalized spacial score (nSPS) is 12.1. The maximum atomic E-state index is 13.7. The van der Waals surface area contributed by atoms with Gasteiger partial charge in [-0.05, 0) is 39.8 Å². The van der Waals surface area contributed by atoms with Gasteiger partial charge in [0.25, 0.3) is 0 Å². The molecule has 0 fully saturated rings. The van der Waals surface area contributed by atoms with E-state index >= 15 is 0 Å². The van der Waals surface area contributed by atoms with Gasteiger partial charge in [0.2, 0.25) is 0 Å². The number of ether oxygens (including phenoxy) is 1. The van der Waals surface area contributed by atoms with E-state index in [1.54, 1.807) is 0 Å². The first-order valence-corrected chi connectivity index (χ1v) is 5.33. The Morgan fingerprint density at radius 2 is 1.88 bits per heavy atom. The van der Waals surface area contributed by atoms with E-state index < -0.39 is 0 Å². The molecule has 1 N–H and O–H groups in total. The van der Waals surface area contributed by atoms with Gasteiger partial charge in [-0.2, -0.15) is 0 Å². The van der Waals surface area contributed by atoms with Crippen LogP contribution in [-0.2, 0) is 0 Å². The van der Waals surface area contributed by atoms with Crippen LogP contribution < -0.4 is 4.74 Å². The van der Waals surface area contributed by atoms with Crippen molar-refractivity contribution in [3.8, 4) is 5.75 Å². The van der Waals surface area contributed by atoms with Crippen LogP contribution in [0.3, 0.4) is 0 Å². The molecule has 3 heteroatoms. The Bertz CT molecular complexity index is 522. The van der Waals surface area contributed by atoms with Crippen LogP contribution in [0.1, 0.15) is 26.5 Å². The van der Waals surface area contributed by atoms with E-state index in [1.165, 1.54) is 6.07 Å². The lowest BCUT2D eigenvalue weighted by Crippen LogP contribution is -2.22. The van der Waals surface area contributed by atoms with E-state index in [9.17, 15) is 4.39 Å². The molecule has 1 heterocycles. The number of halogens is 1. The van der Waals surface area contributed by atoms with Crippen LogP contribution in [0.2, 0.25) is 0 Å². The third-order valence-electron chi connectivity index (χ3n) is 2.21. The Kier molecular flexibility index (Phi) is 2.41. The molecule has 0 amide bonds. The molecule has 0 bridgehead atoms. The summed E-state index contributed by atoms with van der Waals surface area (Å²) in [6.45, 7) is 7.73. The number of fused-ring (bicyclic) bond motifs is 1. The van der Waals surface area contributed by atoms with Crippen molar-refractivity contribution in [3.63, 3.8) is 0 Å². The second-order valence-corrected chi connectivity index (χ2v) is 5.04. The van der Waals surface area contributed by atoms with Crippen molar-refractivity contribution < 1.29 is 9.13 Å². The molecular formula is C13H16FNO. The molecule has 2 aromatic rings. The van der Waals surface area contributed by atoms with E-state index in [4.69, 9.17) is 4.74 Å². The molecule has 2 rings (SSSR count). The molecule has 0 atom stereocenters. The monoisotopic (exact) mass is 221 g/mol. The highest BCUT2D eigenvalue weighted by Crippen LogP contribution is 2.27. The van der Waals surface area contributed by atoms with E-state index in [2.05, 4.69) is 4.98 Å². The zero-order valence-electron chi connectivity index (χ0n) is 10.0. The molecule has 2 nitrogen and oxygen atoms in total. The summed E-state index contributed by atoms with van der Waals surface area (Å²) in [5.74, 6) is 0.293. The number of hydrogen-bond donors (Lipinski definition) is 1. The number of H-pyrrole nitrogens is 1. The molecule has 0 unspecified atom stereocenters. The molecule has 0 radical (unpaired) electrons. The summed E-state index contributed by atoms with van der Waals surface area (Å²) in [5, 5.41) is 0.844. The van der Waals surface area contributed by atoms with Crippen LogP contribution in [0.4, 0.5) is 4.39 Å². The Labute approximate surface area is 94.4 Å². The molecule has 1 aromatic heterocycles. The van der Waals surface area contributed by atoms with E-state index in [0.29, 0.717) is 11.3 Å². The molecule has 0 aliphatic rings. The van der Waals surface area contributed by atoms with Crippen molar-refractivity contribution in [1.29, 1.82) is 0 Å². The highest BCUT2D eigenvalue weighted by atomic mass is 19.1. The molecular weight excluding hydrogens is 205 g/mol. The SMILES string of the molecule is Cc1cc2cc(OC(C)(C)C)cc(F)c2[nH]1. The van der Waals surface area contributed by atoms with Crippen molar-refractivity contribution in [2.45, 2.75) is 33.3 Å². The molecule has 0 saturated carbocycles. The third kappa shape index (κ3) is 2.18. The fraction of sp³-hybridized carbons (Fsp3) is 0.385. The fourth-order valence-corrected chi connectivity index (χ4v) is 1.73. The second-order valence-electron chi connectivity index (χ2n) is 5.04. The first-order valence-electron chi connectivity index (χ1n) is 5.33. The number of aromatic nitrogens is 1. The number of rotatable bonds is 1.